The Hall–Kier alpha value is -0.120. The van der Waals surface area contributed by atoms with Gasteiger partial charge in [0.2, 0.25) is 0 Å². The van der Waals surface area contributed by atoms with Crippen LogP contribution in [-0.4, -0.2) is 48.3 Å². The third-order valence-electron chi connectivity index (χ3n) is 6.30. The molecule has 2 saturated heterocycles. The molecule has 2 heterocycles. The Bertz CT molecular complexity index is 332. The van der Waals surface area contributed by atoms with Gasteiger partial charge in [-0.1, -0.05) is 13.8 Å². The predicted molar refractivity (Wildman–Crippen MR) is 83.0 cm³/mol. The van der Waals surface area contributed by atoms with Gasteiger partial charge in [0.25, 0.3) is 0 Å². The number of ether oxygens (including phenoxy) is 1. The number of hydrogen-bond acceptors (Lipinski definition) is 3. The van der Waals surface area contributed by atoms with Crippen molar-refractivity contribution in [3.63, 3.8) is 0 Å². The fourth-order valence-electron chi connectivity index (χ4n) is 4.22. The van der Waals surface area contributed by atoms with Crippen molar-refractivity contribution in [2.75, 3.05) is 26.2 Å². The Morgan fingerprint density at radius 1 is 1.20 bits per heavy atom. The van der Waals surface area contributed by atoms with Crippen molar-refractivity contribution in [3.8, 4) is 0 Å². The topological polar surface area (TPSA) is 24.5 Å². The van der Waals surface area contributed by atoms with E-state index in [-0.39, 0.29) is 0 Å². The fourth-order valence-corrected chi connectivity index (χ4v) is 4.22. The molecule has 2 atom stereocenters. The summed E-state index contributed by atoms with van der Waals surface area (Å²) in [6.45, 7) is 11.6. The fraction of sp³-hybridized carbons (Fsp3) is 1.00. The number of nitrogens with one attached hydrogen (secondary N) is 1. The van der Waals surface area contributed by atoms with Crippen LogP contribution in [0.15, 0.2) is 0 Å². The van der Waals surface area contributed by atoms with Crippen LogP contribution in [0.2, 0.25) is 0 Å². The highest BCUT2D eigenvalue weighted by Gasteiger charge is 2.51. The SMILES string of the molecule is CCC1(CC)CN(CC2CCCO2)C(C)(C2CC2)CN1. The summed E-state index contributed by atoms with van der Waals surface area (Å²) in [7, 11) is 0. The molecule has 0 bridgehead atoms. The number of hydrogen-bond donors (Lipinski definition) is 1. The van der Waals surface area contributed by atoms with E-state index in [1.807, 2.05) is 0 Å². The lowest BCUT2D eigenvalue weighted by atomic mass is 9.81. The monoisotopic (exact) mass is 280 g/mol. The maximum absolute atomic E-state index is 5.92. The van der Waals surface area contributed by atoms with Crippen LogP contribution in [0.4, 0.5) is 0 Å². The minimum atomic E-state index is 0.326. The molecule has 0 aromatic rings. The highest BCUT2D eigenvalue weighted by Crippen LogP contribution is 2.45. The molecule has 0 aromatic heterocycles. The zero-order valence-corrected chi connectivity index (χ0v) is 13.6. The van der Waals surface area contributed by atoms with E-state index in [0.29, 0.717) is 17.2 Å². The van der Waals surface area contributed by atoms with Crippen molar-refractivity contribution in [2.24, 2.45) is 5.92 Å². The van der Waals surface area contributed by atoms with Crippen LogP contribution in [0.25, 0.3) is 0 Å². The summed E-state index contributed by atoms with van der Waals surface area (Å²) in [5.41, 5.74) is 0.687. The maximum atomic E-state index is 5.92. The first-order valence-corrected chi connectivity index (χ1v) is 8.73. The number of piperazine rings is 1. The summed E-state index contributed by atoms with van der Waals surface area (Å²) in [6.07, 6.45) is 8.30. The Morgan fingerprint density at radius 3 is 2.50 bits per heavy atom. The van der Waals surface area contributed by atoms with Crippen LogP contribution in [0.1, 0.15) is 59.3 Å². The molecule has 0 amide bonds. The molecule has 1 aliphatic carbocycles. The van der Waals surface area contributed by atoms with Crippen LogP contribution in [0.5, 0.6) is 0 Å². The Morgan fingerprint density at radius 2 is 1.95 bits per heavy atom. The molecule has 2 unspecified atom stereocenters. The molecule has 3 heteroatoms. The summed E-state index contributed by atoms with van der Waals surface area (Å²) >= 11 is 0. The average Bonchev–Trinajstić information content (AvgIpc) is 3.21. The zero-order valence-electron chi connectivity index (χ0n) is 13.6. The van der Waals surface area contributed by atoms with E-state index in [0.717, 1.165) is 25.6 Å². The molecule has 1 N–H and O–H groups in total. The summed E-state index contributed by atoms with van der Waals surface area (Å²) in [6, 6.07) is 0. The molecule has 2 aliphatic heterocycles. The van der Waals surface area contributed by atoms with Crippen molar-refractivity contribution >= 4 is 0 Å². The highest BCUT2D eigenvalue weighted by atomic mass is 16.5. The summed E-state index contributed by atoms with van der Waals surface area (Å²) in [5.74, 6) is 0.906. The Kier molecular flexibility index (Phi) is 4.13. The first-order chi connectivity index (χ1) is 9.62. The predicted octanol–water partition coefficient (Wildman–Crippen LogP) is 2.80. The van der Waals surface area contributed by atoms with Crippen molar-refractivity contribution in [2.45, 2.75) is 76.5 Å². The van der Waals surface area contributed by atoms with Crippen molar-refractivity contribution in [1.29, 1.82) is 0 Å². The second kappa shape index (κ2) is 5.58. The molecule has 0 spiro atoms. The van der Waals surface area contributed by atoms with E-state index >= 15 is 0 Å². The first kappa shape index (κ1) is 14.8. The second-order valence-electron chi connectivity index (χ2n) is 7.49. The van der Waals surface area contributed by atoms with Crippen molar-refractivity contribution in [1.82, 2.24) is 10.2 Å². The van der Waals surface area contributed by atoms with Crippen LogP contribution < -0.4 is 5.32 Å². The number of nitrogens with zero attached hydrogens (tertiary/aromatic N) is 1. The van der Waals surface area contributed by atoms with Gasteiger partial charge in [0.15, 0.2) is 0 Å². The Balaban J connectivity index is 1.74. The standard InChI is InChI=1S/C17H32N2O/c1-4-17(5-2)13-19(11-15-7-6-10-20-15)16(3,12-18-17)14-8-9-14/h14-15,18H,4-13H2,1-3H3. The van der Waals surface area contributed by atoms with E-state index in [1.54, 1.807) is 0 Å². The minimum absolute atomic E-state index is 0.326. The molecule has 0 aromatic carbocycles. The van der Waals surface area contributed by atoms with Crippen LogP contribution >= 0.6 is 0 Å². The zero-order chi connectivity index (χ0) is 14.2. The van der Waals surface area contributed by atoms with E-state index < -0.39 is 0 Å². The normalized spacial score (nSPS) is 38.2. The molecular weight excluding hydrogens is 248 g/mol. The first-order valence-electron chi connectivity index (χ1n) is 8.73. The molecular formula is C17H32N2O. The molecule has 3 aliphatic rings. The lowest BCUT2D eigenvalue weighted by molar-refractivity contribution is -0.0346. The van der Waals surface area contributed by atoms with Gasteiger partial charge in [-0.2, -0.15) is 0 Å². The van der Waals surface area contributed by atoms with Gasteiger partial charge in [0, 0.05) is 37.3 Å². The van der Waals surface area contributed by atoms with E-state index in [4.69, 9.17) is 4.74 Å². The molecule has 1 saturated carbocycles. The average molecular weight is 280 g/mol. The van der Waals surface area contributed by atoms with E-state index in [9.17, 15) is 0 Å². The lowest BCUT2D eigenvalue weighted by Crippen LogP contribution is -2.70. The summed E-state index contributed by atoms with van der Waals surface area (Å²) in [5, 5.41) is 3.92. The van der Waals surface area contributed by atoms with Gasteiger partial charge >= 0.3 is 0 Å². The summed E-state index contributed by atoms with van der Waals surface area (Å²) < 4.78 is 5.92. The smallest absolute Gasteiger partial charge is 0.0703 e. The lowest BCUT2D eigenvalue weighted by Gasteiger charge is -2.54. The highest BCUT2D eigenvalue weighted by molar-refractivity contribution is 5.09. The third-order valence-corrected chi connectivity index (χ3v) is 6.30. The second-order valence-corrected chi connectivity index (χ2v) is 7.49. The molecule has 3 rings (SSSR count). The van der Waals surface area contributed by atoms with Gasteiger partial charge in [-0.25, -0.2) is 0 Å². The maximum Gasteiger partial charge on any atom is 0.0703 e. The van der Waals surface area contributed by atoms with Crippen LogP contribution in [0.3, 0.4) is 0 Å². The van der Waals surface area contributed by atoms with Crippen LogP contribution in [0, 0.1) is 5.92 Å². The van der Waals surface area contributed by atoms with Crippen molar-refractivity contribution in [3.05, 3.63) is 0 Å². The largest absolute Gasteiger partial charge is 0.377 e. The van der Waals surface area contributed by atoms with Gasteiger partial charge < -0.3 is 10.1 Å². The van der Waals surface area contributed by atoms with Gasteiger partial charge in [-0.15, -0.1) is 0 Å². The molecule has 3 fully saturated rings. The molecule has 116 valence electrons. The quantitative estimate of drug-likeness (QED) is 0.838. The van der Waals surface area contributed by atoms with Gasteiger partial charge in [0.1, 0.15) is 0 Å². The van der Waals surface area contributed by atoms with E-state index in [2.05, 4.69) is 31.0 Å². The van der Waals surface area contributed by atoms with Gasteiger partial charge in [-0.3, -0.25) is 4.90 Å². The molecule has 3 nitrogen and oxygen atoms in total. The van der Waals surface area contributed by atoms with E-state index in [1.165, 1.54) is 45.1 Å². The van der Waals surface area contributed by atoms with Gasteiger partial charge in [0.05, 0.1) is 6.10 Å². The third kappa shape index (κ3) is 2.65. The van der Waals surface area contributed by atoms with Crippen molar-refractivity contribution < 1.29 is 4.74 Å². The minimum Gasteiger partial charge on any atom is -0.377 e. The molecule has 0 radical (unpaired) electrons. The van der Waals surface area contributed by atoms with Gasteiger partial charge in [-0.05, 0) is 51.4 Å². The number of rotatable bonds is 5. The Labute approximate surface area is 124 Å². The molecule has 20 heavy (non-hydrogen) atoms. The summed E-state index contributed by atoms with van der Waals surface area (Å²) in [4.78, 5) is 2.80. The van der Waals surface area contributed by atoms with Crippen LogP contribution in [-0.2, 0) is 4.74 Å².